The van der Waals surface area contributed by atoms with E-state index < -0.39 is 50.5 Å². The van der Waals surface area contributed by atoms with Crippen LogP contribution >= 0.6 is 0 Å². The highest BCUT2D eigenvalue weighted by atomic mass is 32.2. The number of esters is 1. The molecule has 1 amide bonds. The molecule has 0 aliphatic rings. The molecule has 0 spiro atoms. The van der Waals surface area contributed by atoms with Gasteiger partial charge in [-0.15, -0.1) is 0 Å². The molecule has 0 atom stereocenters. The number of hydrogen-bond donors (Lipinski definition) is 0. The number of benzene rings is 1. The second-order valence-corrected chi connectivity index (χ2v) is 9.45. The number of nitrogens with zero attached hydrogens (tertiary/aromatic N) is 3. The maximum Gasteiger partial charge on any atom is 0.416 e. The molecule has 13 heteroatoms. The van der Waals surface area contributed by atoms with Crippen LogP contribution in [0.1, 0.15) is 15.9 Å². The third-order valence-corrected chi connectivity index (χ3v) is 6.11. The lowest BCUT2D eigenvalue weighted by molar-refractivity contribution is -0.139. The fourth-order valence-electron chi connectivity index (χ4n) is 3.30. The van der Waals surface area contributed by atoms with Crippen LogP contribution in [-0.4, -0.2) is 57.3 Å². The third kappa shape index (κ3) is 5.79. The molecule has 1 aromatic carbocycles. The van der Waals surface area contributed by atoms with Crippen LogP contribution in [0.25, 0.3) is 11.1 Å². The van der Waals surface area contributed by atoms with Gasteiger partial charge in [0.1, 0.15) is 6.54 Å². The highest BCUT2D eigenvalue weighted by Gasteiger charge is 2.34. The monoisotopic (exact) mass is 523 g/mol. The summed E-state index contributed by atoms with van der Waals surface area (Å²) in [6, 6.07) is 6.49. The number of pyridine rings is 2. The van der Waals surface area contributed by atoms with Crippen LogP contribution in [0.15, 0.2) is 59.9 Å². The summed E-state index contributed by atoms with van der Waals surface area (Å²) in [5.74, 6) is -1.80. The summed E-state index contributed by atoms with van der Waals surface area (Å²) in [6.07, 6.45) is -0.121. The van der Waals surface area contributed by atoms with E-state index in [4.69, 9.17) is 4.74 Å². The number of anilines is 1. The van der Waals surface area contributed by atoms with Crippen molar-refractivity contribution in [2.45, 2.75) is 11.1 Å². The Hall–Kier alpha value is -4.00. The van der Waals surface area contributed by atoms with E-state index in [0.717, 1.165) is 24.3 Å². The Balaban J connectivity index is 2.25. The number of amides is 1. The minimum Gasteiger partial charge on any atom is -0.481 e. The third-order valence-electron chi connectivity index (χ3n) is 5.01. The van der Waals surface area contributed by atoms with E-state index in [9.17, 15) is 31.2 Å². The lowest BCUT2D eigenvalue weighted by atomic mass is 10.0. The highest BCUT2D eigenvalue weighted by Crippen LogP contribution is 2.36. The van der Waals surface area contributed by atoms with E-state index in [1.54, 1.807) is 12.1 Å². The first-order valence-corrected chi connectivity index (χ1v) is 12.0. The second-order valence-electron chi connectivity index (χ2n) is 7.44. The van der Waals surface area contributed by atoms with Crippen LogP contribution in [0.3, 0.4) is 0 Å². The molecule has 0 aliphatic heterocycles. The summed E-state index contributed by atoms with van der Waals surface area (Å²) in [7, 11) is -1.67. The minimum absolute atomic E-state index is 0.0255. The van der Waals surface area contributed by atoms with E-state index in [1.807, 2.05) is 0 Å². The van der Waals surface area contributed by atoms with Crippen molar-refractivity contribution < 1.29 is 40.7 Å². The second kappa shape index (κ2) is 10.3. The van der Waals surface area contributed by atoms with Gasteiger partial charge in [-0.05, 0) is 36.4 Å². The molecule has 3 rings (SSSR count). The van der Waals surface area contributed by atoms with Gasteiger partial charge in [-0.3, -0.25) is 19.5 Å². The first-order chi connectivity index (χ1) is 16.9. The Labute approximate surface area is 204 Å². The predicted octanol–water partition coefficient (Wildman–Crippen LogP) is 3.39. The Bertz CT molecular complexity index is 1410. The number of methoxy groups -OCH3 is 2. The van der Waals surface area contributed by atoms with Gasteiger partial charge in [0, 0.05) is 35.3 Å². The quantitative estimate of drug-likeness (QED) is 0.433. The van der Waals surface area contributed by atoms with Crippen molar-refractivity contribution in [3.8, 4) is 17.0 Å². The van der Waals surface area contributed by atoms with Crippen molar-refractivity contribution in [1.82, 2.24) is 9.97 Å². The fourth-order valence-corrected chi connectivity index (χ4v) is 3.99. The summed E-state index contributed by atoms with van der Waals surface area (Å²) >= 11 is 0. The number of halogens is 3. The van der Waals surface area contributed by atoms with Crippen LogP contribution in [0.2, 0.25) is 0 Å². The summed E-state index contributed by atoms with van der Waals surface area (Å²) in [6.45, 7) is -0.707. The minimum atomic E-state index is -4.94. The number of hydrogen-bond acceptors (Lipinski definition) is 8. The van der Waals surface area contributed by atoms with Gasteiger partial charge >= 0.3 is 12.1 Å². The van der Waals surface area contributed by atoms with E-state index in [-0.39, 0.29) is 11.6 Å². The maximum atomic E-state index is 13.6. The van der Waals surface area contributed by atoms with Gasteiger partial charge in [0.2, 0.25) is 5.88 Å². The van der Waals surface area contributed by atoms with E-state index in [2.05, 4.69) is 14.7 Å². The first kappa shape index (κ1) is 26.6. The van der Waals surface area contributed by atoms with E-state index in [1.165, 1.54) is 31.8 Å². The number of alkyl halides is 3. The van der Waals surface area contributed by atoms with Gasteiger partial charge in [-0.2, -0.15) is 13.2 Å². The smallest absolute Gasteiger partial charge is 0.416 e. The van der Waals surface area contributed by atoms with Crippen molar-refractivity contribution in [1.29, 1.82) is 0 Å². The van der Waals surface area contributed by atoms with Crippen molar-refractivity contribution in [3.63, 3.8) is 0 Å². The van der Waals surface area contributed by atoms with Gasteiger partial charge < -0.3 is 9.47 Å². The summed E-state index contributed by atoms with van der Waals surface area (Å²) in [4.78, 5) is 34.0. The molecule has 0 bridgehead atoms. The molecule has 0 saturated heterocycles. The molecular weight excluding hydrogens is 503 g/mol. The normalized spacial score (nSPS) is 11.6. The lowest BCUT2D eigenvalue weighted by Gasteiger charge is -2.25. The van der Waals surface area contributed by atoms with Crippen LogP contribution in [0.4, 0.5) is 18.9 Å². The van der Waals surface area contributed by atoms with Gasteiger partial charge in [0.15, 0.2) is 9.84 Å². The van der Waals surface area contributed by atoms with E-state index >= 15 is 0 Å². The molecule has 0 saturated carbocycles. The van der Waals surface area contributed by atoms with Gasteiger partial charge in [0.25, 0.3) is 5.91 Å². The van der Waals surface area contributed by atoms with E-state index in [0.29, 0.717) is 23.3 Å². The first-order valence-electron chi connectivity index (χ1n) is 10.1. The SMILES string of the molecule is COC(=O)CN(C(=O)c1cc(C(F)(F)F)cc(S(C)(=O)=O)c1)c1cnccc1-c1cccnc1OC. The number of carbonyl (C=O) groups is 2. The highest BCUT2D eigenvalue weighted by molar-refractivity contribution is 7.90. The molecular formula is C23H20F3N3O6S. The zero-order valence-electron chi connectivity index (χ0n) is 19.2. The molecule has 0 unspecified atom stereocenters. The molecule has 0 aliphatic carbocycles. The van der Waals surface area contributed by atoms with Gasteiger partial charge in [0.05, 0.1) is 36.6 Å². The van der Waals surface area contributed by atoms with Crippen molar-refractivity contribution in [2.75, 3.05) is 31.9 Å². The molecule has 0 fully saturated rings. The van der Waals surface area contributed by atoms with Crippen LogP contribution in [0, 0.1) is 0 Å². The van der Waals surface area contributed by atoms with Gasteiger partial charge in [-0.25, -0.2) is 13.4 Å². The summed E-state index contributed by atoms with van der Waals surface area (Å²) < 4.78 is 74.7. The number of rotatable bonds is 7. The topological polar surface area (TPSA) is 116 Å². The predicted molar refractivity (Wildman–Crippen MR) is 122 cm³/mol. The molecule has 2 aromatic heterocycles. The Kier molecular flexibility index (Phi) is 7.62. The van der Waals surface area contributed by atoms with Crippen LogP contribution < -0.4 is 9.64 Å². The Morgan fingerprint density at radius 2 is 1.78 bits per heavy atom. The Morgan fingerprint density at radius 3 is 2.39 bits per heavy atom. The molecule has 0 radical (unpaired) electrons. The summed E-state index contributed by atoms with van der Waals surface area (Å²) in [5.41, 5.74) is -1.20. The molecule has 9 nitrogen and oxygen atoms in total. The van der Waals surface area contributed by atoms with Crippen molar-refractivity contribution in [2.24, 2.45) is 0 Å². The molecule has 0 N–H and O–H groups in total. The fraction of sp³-hybridized carbons (Fsp3) is 0.217. The maximum absolute atomic E-state index is 13.6. The standard InChI is InChI=1S/C23H20F3N3O6S/c1-34-20(30)13-29(19-12-27-8-6-17(19)18-5-4-7-28-21(18)35-2)22(31)14-9-15(23(24,25)26)11-16(10-14)36(3,32)33/h4-12H,13H2,1-3H3. The largest absolute Gasteiger partial charge is 0.481 e. The van der Waals surface area contributed by atoms with Crippen LogP contribution in [-0.2, 0) is 25.5 Å². The summed E-state index contributed by atoms with van der Waals surface area (Å²) in [5, 5.41) is 0. The number of ether oxygens (including phenoxy) is 2. The number of carbonyl (C=O) groups excluding carboxylic acids is 2. The zero-order chi connectivity index (χ0) is 26.7. The molecule has 3 aromatic rings. The molecule has 190 valence electrons. The lowest BCUT2D eigenvalue weighted by Crippen LogP contribution is -2.37. The molecule has 36 heavy (non-hydrogen) atoms. The molecule has 2 heterocycles. The zero-order valence-corrected chi connectivity index (χ0v) is 20.1. The number of aromatic nitrogens is 2. The average molecular weight is 523 g/mol. The van der Waals surface area contributed by atoms with Crippen molar-refractivity contribution >= 4 is 27.4 Å². The Morgan fingerprint density at radius 1 is 1.06 bits per heavy atom. The van der Waals surface area contributed by atoms with Crippen LogP contribution in [0.5, 0.6) is 5.88 Å². The average Bonchev–Trinajstić information content (AvgIpc) is 2.85. The van der Waals surface area contributed by atoms with Gasteiger partial charge in [-0.1, -0.05) is 0 Å². The van der Waals surface area contributed by atoms with Crippen molar-refractivity contribution in [3.05, 3.63) is 66.1 Å². The number of sulfone groups is 1.